The number of carbonyl (C=O) groups excluding carboxylic acids is 2. The highest BCUT2D eigenvalue weighted by Crippen LogP contribution is 2.26. The van der Waals surface area contributed by atoms with Crippen molar-refractivity contribution >= 4 is 23.5 Å². The Morgan fingerprint density at radius 1 is 1.32 bits per heavy atom. The molecule has 6 heteroatoms. The Morgan fingerprint density at radius 3 is 2.58 bits per heavy atom. The molecule has 0 spiro atoms. The second-order valence-electron chi connectivity index (χ2n) is 3.71. The molecule has 0 heterocycles. The first-order chi connectivity index (χ1) is 8.99. The molecule has 0 N–H and O–H groups in total. The molecule has 0 saturated carbocycles. The Labute approximate surface area is 115 Å². The molecule has 0 fully saturated rings. The fraction of sp³-hybridized carbons (Fsp3) is 0.385. The van der Waals surface area contributed by atoms with Crippen LogP contribution in [0.1, 0.15) is 20.3 Å². The molecule has 4 nitrogen and oxygen atoms in total. The van der Waals surface area contributed by atoms with Crippen LogP contribution in [-0.2, 0) is 14.3 Å². The SMILES string of the molecule is CCOC(=O)C(CC)C(=O)Oc1cc(F)ccc1Cl. The predicted octanol–water partition coefficient (Wildman–Crippen LogP) is 2.97. The number of hydrogen-bond donors (Lipinski definition) is 0. The zero-order valence-electron chi connectivity index (χ0n) is 10.6. The van der Waals surface area contributed by atoms with Gasteiger partial charge in [-0.05, 0) is 25.5 Å². The van der Waals surface area contributed by atoms with Crippen LogP contribution in [0.2, 0.25) is 5.02 Å². The normalized spacial score (nSPS) is 11.8. The minimum Gasteiger partial charge on any atom is -0.465 e. The molecule has 1 aromatic carbocycles. The first kappa shape index (κ1) is 15.4. The molecule has 0 aliphatic heterocycles. The summed E-state index contributed by atoms with van der Waals surface area (Å²) in [4.78, 5) is 23.3. The molecule has 0 aliphatic rings. The minimum atomic E-state index is -1.04. The quantitative estimate of drug-likeness (QED) is 0.475. The van der Waals surface area contributed by atoms with Crippen LogP contribution < -0.4 is 4.74 Å². The van der Waals surface area contributed by atoms with E-state index in [-0.39, 0.29) is 23.8 Å². The molecule has 1 atom stereocenters. The van der Waals surface area contributed by atoms with E-state index < -0.39 is 23.7 Å². The van der Waals surface area contributed by atoms with E-state index >= 15 is 0 Å². The summed E-state index contributed by atoms with van der Waals surface area (Å²) in [5.74, 6) is -3.22. The maximum Gasteiger partial charge on any atom is 0.325 e. The molecular weight excluding hydrogens is 275 g/mol. The number of benzene rings is 1. The third kappa shape index (κ3) is 4.21. The number of rotatable bonds is 5. The zero-order valence-corrected chi connectivity index (χ0v) is 11.4. The van der Waals surface area contributed by atoms with Crippen molar-refractivity contribution in [2.75, 3.05) is 6.61 Å². The third-order valence-electron chi connectivity index (χ3n) is 2.37. The van der Waals surface area contributed by atoms with E-state index in [1.165, 1.54) is 6.07 Å². The molecule has 0 saturated heterocycles. The third-order valence-corrected chi connectivity index (χ3v) is 2.68. The molecular formula is C13H14ClFO4. The van der Waals surface area contributed by atoms with Crippen molar-refractivity contribution in [1.29, 1.82) is 0 Å². The smallest absolute Gasteiger partial charge is 0.325 e. The average Bonchev–Trinajstić information content (AvgIpc) is 2.35. The van der Waals surface area contributed by atoms with Gasteiger partial charge in [-0.1, -0.05) is 18.5 Å². The van der Waals surface area contributed by atoms with E-state index in [0.29, 0.717) is 0 Å². The summed E-state index contributed by atoms with van der Waals surface area (Å²) in [7, 11) is 0. The Balaban J connectivity index is 2.82. The molecule has 19 heavy (non-hydrogen) atoms. The summed E-state index contributed by atoms with van der Waals surface area (Å²) in [5.41, 5.74) is 0. The lowest BCUT2D eigenvalue weighted by Crippen LogP contribution is -2.29. The second-order valence-corrected chi connectivity index (χ2v) is 4.12. The Kier molecular flexibility index (Phi) is 5.76. The van der Waals surface area contributed by atoms with Gasteiger partial charge < -0.3 is 9.47 Å². The number of esters is 2. The van der Waals surface area contributed by atoms with Crippen LogP contribution in [0.15, 0.2) is 18.2 Å². The highest BCUT2D eigenvalue weighted by Gasteiger charge is 2.28. The van der Waals surface area contributed by atoms with Gasteiger partial charge in [0.25, 0.3) is 0 Å². The van der Waals surface area contributed by atoms with Crippen LogP contribution in [0.4, 0.5) is 4.39 Å². The van der Waals surface area contributed by atoms with Crippen molar-refractivity contribution in [2.24, 2.45) is 5.92 Å². The van der Waals surface area contributed by atoms with Gasteiger partial charge in [0.1, 0.15) is 5.82 Å². The zero-order chi connectivity index (χ0) is 14.4. The van der Waals surface area contributed by atoms with Crippen LogP contribution in [-0.4, -0.2) is 18.5 Å². The number of halogens is 2. The van der Waals surface area contributed by atoms with Gasteiger partial charge in [-0.2, -0.15) is 0 Å². The van der Waals surface area contributed by atoms with Gasteiger partial charge in [0.15, 0.2) is 11.7 Å². The summed E-state index contributed by atoms with van der Waals surface area (Å²) in [6.07, 6.45) is 0.227. The molecule has 0 aromatic heterocycles. The summed E-state index contributed by atoms with van der Waals surface area (Å²) in [6, 6.07) is 3.39. The first-order valence-electron chi connectivity index (χ1n) is 5.83. The fourth-order valence-electron chi connectivity index (χ4n) is 1.41. The van der Waals surface area contributed by atoms with Gasteiger partial charge in [0.05, 0.1) is 11.6 Å². The van der Waals surface area contributed by atoms with Gasteiger partial charge in [-0.3, -0.25) is 9.59 Å². The topological polar surface area (TPSA) is 52.6 Å². The summed E-state index contributed by atoms with van der Waals surface area (Å²) in [5, 5.41) is 0.0912. The molecule has 0 bridgehead atoms. The highest BCUT2D eigenvalue weighted by molar-refractivity contribution is 6.32. The van der Waals surface area contributed by atoms with E-state index in [1.54, 1.807) is 13.8 Å². The van der Waals surface area contributed by atoms with Crippen molar-refractivity contribution in [3.63, 3.8) is 0 Å². The summed E-state index contributed by atoms with van der Waals surface area (Å²) in [6.45, 7) is 3.46. The standard InChI is InChI=1S/C13H14ClFO4/c1-3-9(12(16)18-4-2)13(17)19-11-7-8(15)5-6-10(11)14/h5-7,9H,3-4H2,1-2H3. The molecule has 0 radical (unpaired) electrons. The monoisotopic (exact) mass is 288 g/mol. The van der Waals surface area contributed by atoms with Crippen LogP contribution in [0.3, 0.4) is 0 Å². The summed E-state index contributed by atoms with van der Waals surface area (Å²) >= 11 is 5.77. The van der Waals surface area contributed by atoms with E-state index in [9.17, 15) is 14.0 Å². The molecule has 0 amide bonds. The lowest BCUT2D eigenvalue weighted by atomic mass is 10.1. The van der Waals surface area contributed by atoms with Crippen LogP contribution in [0, 0.1) is 11.7 Å². The molecule has 104 valence electrons. The van der Waals surface area contributed by atoms with Crippen molar-refractivity contribution < 1.29 is 23.5 Å². The number of carbonyl (C=O) groups is 2. The van der Waals surface area contributed by atoms with E-state index in [2.05, 4.69) is 0 Å². The lowest BCUT2D eigenvalue weighted by Gasteiger charge is -2.13. The summed E-state index contributed by atoms with van der Waals surface area (Å²) < 4.78 is 22.7. The largest absolute Gasteiger partial charge is 0.465 e. The van der Waals surface area contributed by atoms with Crippen molar-refractivity contribution in [3.8, 4) is 5.75 Å². The maximum absolute atomic E-state index is 13.0. The van der Waals surface area contributed by atoms with Crippen molar-refractivity contribution in [2.45, 2.75) is 20.3 Å². The van der Waals surface area contributed by atoms with Crippen LogP contribution >= 0.6 is 11.6 Å². The van der Waals surface area contributed by atoms with Gasteiger partial charge in [-0.15, -0.1) is 0 Å². The van der Waals surface area contributed by atoms with Crippen LogP contribution in [0.25, 0.3) is 0 Å². The Hall–Kier alpha value is -1.62. The Morgan fingerprint density at radius 2 is 2.00 bits per heavy atom. The van der Waals surface area contributed by atoms with E-state index in [0.717, 1.165) is 12.1 Å². The van der Waals surface area contributed by atoms with E-state index in [4.69, 9.17) is 21.1 Å². The lowest BCUT2D eigenvalue weighted by molar-refractivity contribution is -0.157. The van der Waals surface area contributed by atoms with Gasteiger partial charge in [-0.25, -0.2) is 4.39 Å². The number of ether oxygens (including phenoxy) is 2. The number of hydrogen-bond acceptors (Lipinski definition) is 4. The molecule has 1 aromatic rings. The van der Waals surface area contributed by atoms with Crippen LogP contribution in [0.5, 0.6) is 5.75 Å². The van der Waals surface area contributed by atoms with Crippen molar-refractivity contribution in [3.05, 3.63) is 29.0 Å². The average molecular weight is 289 g/mol. The predicted molar refractivity (Wildman–Crippen MR) is 67.5 cm³/mol. The molecule has 1 rings (SSSR count). The highest BCUT2D eigenvalue weighted by atomic mass is 35.5. The van der Waals surface area contributed by atoms with Gasteiger partial charge in [0.2, 0.25) is 0 Å². The van der Waals surface area contributed by atoms with Crippen molar-refractivity contribution in [1.82, 2.24) is 0 Å². The van der Waals surface area contributed by atoms with E-state index in [1.807, 2.05) is 0 Å². The van der Waals surface area contributed by atoms with Gasteiger partial charge in [0, 0.05) is 6.07 Å². The fourth-order valence-corrected chi connectivity index (χ4v) is 1.56. The Bertz CT molecular complexity index is 476. The molecule has 0 aliphatic carbocycles. The maximum atomic E-state index is 13.0. The van der Waals surface area contributed by atoms with Gasteiger partial charge >= 0.3 is 11.9 Å². The molecule has 1 unspecified atom stereocenters. The second kappa shape index (κ2) is 7.09. The minimum absolute atomic E-state index is 0.0912. The first-order valence-corrected chi connectivity index (χ1v) is 6.20.